The molecule has 1 N–H and O–H groups in total. The smallest absolute Gasteiger partial charge is 0.305 e. The number of carbonyl (C=O) groups is 3. The maximum Gasteiger partial charge on any atom is 0.305 e. The number of carbonyl (C=O) groups excluding carboxylic acids is 3. The fourth-order valence-corrected chi connectivity index (χ4v) is 5.81. The van der Waals surface area contributed by atoms with E-state index in [9.17, 15) is 19.5 Å². The van der Waals surface area contributed by atoms with Gasteiger partial charge in [-0.3, -0.25) is 14.4 Å². The second-order valence-corrected chi connectivity index (χ2v) is 14.4. The van der Waals surface area contributed by atoms with Crippen LogP contribution in [0.5, 0.6) is 0 Å². The van der Waals surface area contributed by atoms with Crippen LogP contribution in [0.15, 0.2) is 24.3 Å². The molecule has 292 valence electrons. The van der Waals surface area contributed by atoms with Gasteiger partial charge < -0.3 is 19.3 Å². The fraction of sp³-hybridized carbons (Fsp3) is 0.837. The van der Waals surface area contributed by atoms with Crippen LogP contribution >= 0.6 is 0 Å². The molecule has 0 aromatic rings. The van der Waals surface area contributed by atoms with Gasteiger partial charge in [-0.1, -0.05) is 141 Å². The van der Waals surface area contributed by atoms with Gasteiger partial charge in [0.2, 0.25) is 0 Å². The zero-order valence-corrected chi connectivity index (χ0v) is 32.8. The first-order valence-electron chi connectivity index (χ1n) is 20.7. The van der Waals surface area contributed by atoms with Gasteiger partial charge in [0.1, 0.15) is 19.8 Å². The number of allylic oxidation sites excluding steroid dienone is 4. The van der Waals surface area contributed by atoms with Crippen molar-refractivity contribution in [2.75, 3.05) is 26.4 Å². The van der Waals surface area contributed by atoms with Gasteiger partial charge in [0.05, 0.1) is 12.0 Å². The number of aliphatic hydroxyl groups is 1. The van der Waals surface area contributed by atoms with Crippen molar-refractivity contribution in [3.63, 3.8) is 0 Å². The van der Waals surface area contributed by atoms with E-state index in [1.807, 2.05) is 0 Å². The van der Waals surface area contributed by atoms with Crippen LogP contribution in [-0.4, -0.2) is 49.4 Å². The van der Waals surface area contributed by atoms with Crippen molar-refractivity contribution in [1.29, 1.82) is 0 Å². The van der Waals surface area contributed by atoms with E-state index in [4.69, 9.17) is 14.2 Å². The fourth-order valence-electron chi connectivity index (χ4n) is 5.81. The molecule has 0 spiro atoms. The molecule has 0 heterocycles. The van der Waals surface area contributed by atoms with Gasteiger partial charge in [0.15, 0.2) is 0 Å². The molecular formula is C43H78O7. The van der Waals surface area contributed by atoms with Crippen LogP contribution in [0.25, 0.3) is 0 Å². The lowest BCUT2D eigenvalue weighted by atomic mass is 9.92. The van der Waals surface area contributed by atoms with E-state index in [-0.39, 0.29) is 31.8 Å². The summed E-state index contributed by atoms with van der Waals surface area (Å²) in [6.45, 7) is 4.78. The van der Waals surface area contributed by atoms with Crippen LogP contribution in [0.3, 0.4) is 0 Å². The molecule has 0 aliphatic rings. The van der Waals surface area contributed by atoms with Crippen molar-refractivity contribution >= 4 is 17.9 Å². The monoisotopic (exact) mass is 707 g/mol. The van der Waals surface area contributed by atoms with Gasteiger partial charge in [-0.05, 0) is 64.2 Å². The third-order valence-corrected chi connectivity index (χ3v) is 9.28. The van der Waals surface area contributed by atoms with Gasteiger partial charge >= 0.3 is 17.9 Å². The molecule has 0 amide bonds. The van der Waals surface area contributed by atoms with E-state index in [1.165, 1.54) is 110 Å². The summed E-state index contributed by atoms with van der Waals surface area (Å²) >= 11 is 0. The Morgan fingerprint density at radius 3 is 1.08 bits per heavy atom. The Bertz CT molecular complexity index is 794. The standard InChI is InChI=1S/C43H78O7/c1-4-6-8-10-12-14-16-18-20-22-24-26-28-30-32-34-41(46)49-38-43(36-44,37-48-40(3)45)39-50-42(47)35-33-31-29-27-25-23-21-19-17-15-13-11-9-7-5-2/h18-21,44H,4-17,22-39H2,1-3H3/b20-18-,21-19-. The lowest BCUT2D eigenvalue weighted by Gasteiger charge is -2.30. The summed E-state index contributed by atoms with van der Waals surface area (Å²) in [5.74, 6) is -1.23. The van der Waals surface area contributed by atoms with Crippen molar-refractivity contribution < 1.29 is 33.7 Å². The van der Waals surface area contributed by atoms with Crippen molar-refractivity contribution in [1.82, 2.24) is 0 Å². The lowest BCUT2D eigenvalue weighted by molar-refractivity contribution is -0.164. The van der Waals surface area contributed by atoms with Crippen molar-refractivity contribution in [2.45, 2.75) is 201 Å². The van der Waals surface area contributed by atoms with Crippen molar-refractivity contribution in [3.8, 4) is 0 Å². The summed E-state index contributed by atoms with van der Waals surface area (Å²) in [4.78, 5) is 36.4. The summed E-state index contributed by atoms with van der Waals surface area (Å²) in [6.07, 6.45) is 40.7. The molecule has 0 bridgehead atoms. The predicted molar refractivity (Wildman–Crippen MR) is 207 cm³/mol. The van der Waals surface area contributed by atoms with Crippen LogP contribution in [-0.2, 0) is 28.6 Å². The molecule has 0 aromatic heterocycles. The maximum atomic E-state index is 12.5. The average molecular weight is 707 g/mol. The normalized spacial score (nSPS) is 11.8. The molecule has 0 aliphatic heterocycles. The molecule has 0 atom stereocenters. The summed E-state index contributed by atoms with van der Waals surface area (Å²) in [5.41, 5.74) is -1.18. The molecule has 0 radical (unpaired) electrons. The molecular weight excluding hydrogens is 628 g/mol. The Labute approximate surface area is 307 Å². The second-order valence-electron chi connectivity index (χ2n) is 14.4. The Morgan fingerprint density at radius 1 is 0.460 bits per heavy atom. The van der Waals surface area contributed by atoms with Crippen LogP contribution < -0.4 is 0 Å². The van der Waals surface area contributed by atoms with Crippen LogP contribution in [0, 0.1) is 5.41 Å². The second kappa shape index (κ2) is 36.6. The van der Waals surface area contributed by atoms with Crippen LogP contribution in [0.4, 0.5) is 0 Å². The average Bonchev–Trinajstić information content (AvgIpc) is 3.11. The Hall–Kier alpha value is -2.15. The highest BCUT2D eigenvalue weighted by Crippen LogP contribution is 2.21. The molecule has 0 aliphatic carbocycles. The highest BCUT2D eigenvalue weighted by atomic mass is 16.6. The number of unbranched alkanes of at least 4 members (excludes halogenated alkanes) is 22. The van der Waals surface area contributed by atoms with Gasteiger partial charge in [-0.25, -0.2) is 0 Å². The van der Waals surface area contributed by atoms with Gasteiger partial charge in [0, 0.05) is 19.8 Å². The zero-order valence-electron chi connectivity index (χ0n) is 32.8. The van der Waals surface area contributed by atoms with Gasteiger partial charge in [0.25, 0.3) is 0 Å². The third kappa shape index (κ3) is 33.0. The Balaban J connectivity index is 4.10. The number of esters is 3. The maximum absolute atomic E-state index is 12.5. The topological polar surface area (TPSA) is 99.1 Å². The summed E-state index contributed by atoms with van der Waals surface area (Å²) < 4.78 is 16.1. The summed E-state index contributed by atoms with van der Waals surface area (Å²) in [6, 6.07) is 0. The molecule has 7 heteroatoms. The molecule has 0 saturated heterocycles. The minimum Gasteiger partial charge on any atom is -0.465 e. The quantitative estimate of drug-likeness (QED) is 0.0297. The number of hydrogen-bond donors (Lipinski definition) is 1. The third-order valence-electron chi connectivity index (χ3n) is 9.28. The molecule has 0 rings (SSSR count). The van der Waals surface area contributed by atoms with Crippen LogP contribution in [0.2, 0.25) is 0 Å². The number of hydrogen-bond acceptors (Lipinski definition) is 7. The van der Waals surface area contributed by atoms with Crippen LogP contribution in [0.1, 0.15) is 201 Å². The van der Waals surface area contributed by atoms with Crippen molar-refractivity contribution in [3.05, 3.63) is 24.3 Å². The lowest BCUT2D eigenvalue weighted by Crippen LogP contribution is -2.42. The number of rotatable bonds is 37. The first-order valence-corrected chi connectivity index (χ1v) is 20.7. The van der Waals surface area contributed by atoms with Crippen molar-refractivity contribution in [2.24, 2.45) is 5.41 Å². The number of ether oxygens (including phenoxy) is 3. The Kier molecular flexibility index (Phi) is 35.1. The summed E-state index contributed by atoms with van der Waals surface area (Å²) in [7, 11) is 0. The van der Waals surface area contributed by atoms with E-state index < -0.39 is 18.0 Å². The van der Waals surface area contributed by atoms with E-state index in [0.717, 1.165) is 64.2 Å². The predicted octanol–water partition coefficient (Wildman–Crippen LogP) is 11.7. The molecule has 0 fully saturated rings. The van der Waals surface area contributed by atoms with Gasteiger partial charge in [-0.2, -0.15) is 0 Å². The molecule has 0 unspecified atom stereocenters. The zero-order chi connectivity index (χ0) is 36.8. The Morgan fingerprint density at radius 2 is 0.760 bits per heavy atom. The molecule has 0 saturated carbocycles. The van der Waals surface area contributed by atoms with E-state index in [2.05, 4.69) is 38.2 Å². The minimum atomic E-state index is -1.18. The van der Waals surface area contributed by atoms with E-state index >= 15 is 0 Å². The minimum absolute atomic E-state index is 0.179. The van der Waals surface area contributed by atoms with E-state index in [0.29, 0.717) is 12.8 Å². The molecule has 0 aromatic carbocycles. The molecule has 50 heavy (non-hydrogen) atoms. The largest absolute Gasteiger partial charge is 0.465 e. The number of aliphatic hydroxyl groups excluding tert-OH is 1. The first-order chi connectivity index (χ1) is 24.4. The highest BCUT2D eigenvalue weighted by Gasteiger charge is 2.35. The SMILES string of the molecule is CCCCCCCC/C=C\CCCCCCCC(=O)OCC(CO)(COC(C)=O)COC(=O)CCCCCCC/C=C\CCCCCCCC. The van der Waals surface area contributed by atoms with Gasteiger partial charge in [-0.15, -0.1) is 0 Å². The first kappa shape index (κ1) is 47.8. The summed E-state index contributed by atoms with van der Waals surface area (Å²) in [5, 5.41) is 10.2. The molecule has 7 nitrogen and oxygen atoms in total. The van der Waals surface area contributed by atoms with E-state index in [1.54, 1.807) is 0 Å². The highest BCUT2D eigenvalue weighted by molar-refractivity contribution is 5.70.